The van der Waals surface area contributed by atoms with Crippen LogP contribution in [-0.4, -0.2) is 23.4 Å². The van der Waals surface area contributed by atoms with Gasteiger partial charge in [-0.05, 0) is 70.0 Å². The molecular formula is C19H24N2OS. The fourth-order valence-electron chi connectivity index (χ4n) is 3.31. The van der Waals surface area contributed by atoms with Crippen LogP contribution in [-0.2, 0) is 4.79 Å². The first-order valence-corrected chi connectivity index (χ1v) is 9.06. The SMILES string of the molecule is Cc1cccc(NC(=O)C(C)N2CCCC2c2ccc(C)s2)c1. The van der Waals surface area contributed by atoms with Gasteiger partial charge in [-0.15, -0.1) is 11.3 Å². The first kappa shape index (κ1) is 16.2. The summed E-state index contributed by atoms with van der Waals surface area (Å²) in [6, 6.07) is 12.6. The van der Waals surface area contributed by atoms with Crippen molar-refractivity contribution in [2.24, 2.45) is 0 Å². The van der Waals surface area contributed by atoms with Crippen LogP contribution in [0.25, 0.3) is 0 Å². The second kappa shape index (κ2) is 6.85. The number of rotatable bonds is 4. The number of likely N-dealkylation sites (tertiary alicyclic amines) is 1. The van der Waals surface area contributed by atoms with Gasteiger partial charge < -0.3 is 5.32 Å². The van der Waals surface area contributed by atoms with Gasteiger partial charge in [0, 0.05) is 21.5 Å². The normalized spacial score (nSPS) is 19.7. The van der Waals surface area contributed by atoms with Gasteiger partial charge in [-0.2, -0.15) is 0 Å². The maximum atomic E-state index is 12.6. The summed E-state index contributed by atoms with van der Waals surface area (Å²) in [4.78, 5) is 17.7. The number of amides is 1. The minimum Gasteiger partial charge on any atom is -0.325 e. The maximum absolute atomic E-state index is 12.6. The molecule has 1 aliphatic rings. The number of carbonyl (C=O) groups excluding carboxylic acids is 1. The summed E-state index contributed by atoms with van der Waals surface area (Å²) >= 11 is 1.85. The lowest BCUT2D eigenvalue weighted by atomic mass is 10.1. The van der Waals surface area contributed by atoms with Crippen molar-refractivity contribution >= 4 is 22.9 Å². The van der Waals surface area contributed by atoms with Crippen LogP contribution in [0.15, 0.2) is 36.4 Å². The van der Waals surface area contributed by atoms with E-state index < -0.39 is 0 Å². The molecule has 3 nitrogen and oxygen atoms in total. The van der Waals surface area contributed by atoms with Crippen LogP contribution in [0.4, 0.5) is 5.69 Å². The van der Waals surface area contributed by atoms with E-state index in [-0.39, 0.29) is 11.9 Å². The standard InChI is InChI=1S/C19H24N2OS/c1-13-6-4-7-16(12-13)20-19(22)15(3)21-11-5-8-17(21)18-10-9-14(2)23-18/h4,6-7,9-10,12,15,17H,5,8,11H2,1-3H3,(H,20,22). The first-order valence-electron chi connectivity index (χ1n) is 8.24. The number of nitrogens with one attached hydrogen (secondary N) is 1. The third kappa shape index (κ3) is 3.65. The van der Waals surface area contributed by atoms with E-state index in [0.717, 1.165) is 30.6 Å². The van der Waals surface area contributed by atoms with Gasteiger partial charge in [0.25, 0.3) is 0 Å². The van der Waals surface area contributed by atoms with Crippen LogP contribution in [0.1, 0.15) is 41.1 Å². The van der Waals surface area contributed by atoms with Gasteiger partial charge in [-0.3, -0.25) is 9.69 Å². The highest BCUT2D eigenvalue weighted by atomic mass is 32.1. The molecule has 1 N–H and O–H groups in total. The van der Waals surface area contributed by atoms with E-state index in [2.05, 4.69) is 29.3 Å². The van der Waals surface area contributed by atoms with Crippen molar-refractivity contribution < 1.29 is 4.79 Å². The van der Waals surface area contributed by atoms with E-state index in [1.807, 2.05) is 49.4 Å². The zero-order chi connectivity index (χ0) is 16.4. The molecule has 1 fully saturated rings. The Bertz CT molecular complexity index is 694. The van der Waals surface area contributed by atoms with Gasteiger partial charge in [0.1, 0.15) is 0 Å². The second-order valence-electron chi connectivity index (χ2n) is 6.38. The highest BCUT2D eigenvalue weighted by molar-refractivity contribution is 7.12. The Hall–Kier alpha value is -1.65. The van der Waals surface area contributed by atoms with Crippen molar-refractivity contribution in [2.45, 2.75) is 45.7 Å². The summed E-state index contributed by atoms with van der Waals surface area (Å²) in [6.07, 6.45) is 2.30. The second-order valence-corrected chi connectivity index (χ2v) is 7.70. The molecular weight excluding hydrogens is 304 g/mol. The molecule has 1 aliphatic heterocycles. The van der Waals surface area contributed by atoms with Gasteiger partial charge in [0.05, 0.1) is 6.04 Å². The van der Waals surface area contributed by atoms with Crippen LogP contribution in [0.5, 0.6) is 0 Å². The van der Waals surface area contributed by atoms with Crippen LogP contribution >= 0.6 is 11.3 Å². The maximum Gasteiger partial charge on any atom is 0.241 e. The molecule has 2 atom stereocenters. The number of aryl methyl sites for hydroxylation is 2. The third-order valence-corrected chi connectivity index (χ3v) is 5.65. The van der Waals surface area contributed by atoms with Gasteiger partial charge in [-0.25, -0.2) is 0 Å². The molecule has 0 aliphatic carbocycles. The molecule has 1 aromatic heterocycles. The van der Waals surface area contributed by atoms with Crippen LogP contribution in [0, 0.1) is 13.8 Å². The van der Waals surface area contributed by atoms with Crippen molar-refractivity contribution in [3.8, 4) is 0 Å². The van der Waals surface area contributed by atoms with Gasteiger partial charge in [0.15, 0.2) is 0 Å². The summed E-state index contributed by atoms with van der Waals surface area (Å²) in [6.45, 7) is 7.18. The number of carbonyl (C=O) groups is 1. The average Bonchev–Trinajstić information content (AvgIpc) is 3.14. The molecule has 2 heterocycles. The molecule has 0 saturated carbocycles. The van der Waals surface area contributed by atoms with E-state index in [9.17, 15) is 4.79 Å². The Kier molecular flexibility index (Phi) is 4.83. The Labute approximate surface area is 142 Å². The summed E-state index contributed by atoms with van der Waals surface area (Å²) in [5.41, 5.74) is 2.04. The van der Waals surface area contributed by atoms with Crippen LogP contribution in [0.3, 0.4) is 0 Å². The lowest BCUT2D eigenvalue weighted by molar-refractivity contribution is -0.121. The van der Waals surface area contributed by atoms with Gasteiger partial charge >= 0.3 is 0 Å². The quantitative estimate of drug-likeness (QED) is 0.894. The minimum atomic E-state index is -0.120. The molecule has 122 valence electrons. The van der Waals surface area contributed by atoms with E-state index in [1.54, 1.807) is 0 Å². The van der Waals surface area contributed by atoms with Gasteiger partial charge in [0.2, 0.25) is 5.91 Å². The first-order chi connectivity index (χ1) is 11.0. The molecule has 2 unspecified atom stereocenters. The number of nitrogens with zero attached hydrogens (tertiary/aromatic N) is 1. The van der Waals surface area contributed by atoms with Crippen molar-refractivity contribution in [3.05, 3.63) is 51.7 Å². The van der Waals surface area contributed by atoms with Crippen LogP contribution < -0.4 is 5.32 Å². The van der Waals surface area contributed by atoms with Crippen molar-refractivity contribution in [2.75, 3.05) is 11.9 Å². The third-order valence-electron chi connectivity index (χ3n) is 4.55. The molecule has 3 rings (SSSR count). The summed E-state index contributed by atoms with van der Waals surface area (Å²) < 4.78 is 0. The topological polar surface area (TPSA) is 32.3 Å². The molecule has 4 heteroatoms. The molecule has 0 bridgehead atoms. The Morgan fingerprint density at radius 2 is 2.13 bits per heavy atom. The Morgan fingerprint density at radius 1 is 1.30 bits per heavy atom. The molecule has 1 amide bonds. The van der Waals surface area contributed by atoms with Gasteiger partial charge in [-0.1, -0.05) is 12.1 Å². The lowest BCUT2D eigenvalue weighted by Crippen LogP contribution is -2.41. The molecule has 1 aromatic carbocycles. The largest absolute Gasteiger partial charge is 0.325 e. The highest BCUT2D eigenvalue weighted by Crippen LogP contribution is 2.37. The predicted octanol–water partition coefficient (Wildman–Crippen LogP) is 4.53. The van der Waals surface area contributed by atoms with Crippen molar-refractivity contribution in [1.29, 1.82) is 0 Å². The highest BCUT2D eigenvalue weighted by Gasteiger charge is 2.33. The fourth-order valence-corrected chi connectivity index (χ4v) is 4.34. The zero-order valence-electron chi connectivity index (χ0n) is 14.0. The number of hydrogen-bond acceptors (Lipinski definition) is 3. The smallest absolute Gasteiger partial charge is 0.241 e. The molecule has 0 radical (unpaired) electrons. The average molecular weight is 328 g/mol. The summed E-state index contributed by atoms with van der Waals surface area (Å²) in [5.74, 6) is 0.0794. The Morgan fingerprint density at radius 3 is 2.83 bits per heavy atom. The number of thiophene rings is 1. The summed E-state index contributed by atoms with van der Waals surface area (Å²) in [7, 11) is 0. The molecule has 23 heavy (non-hydrogen) atoms. The fraction of sp³-hybridized carbons (Fsp3) is 0.421. The lowest BCUT2D eigenvalue weighted by Gasteiger charge is -2.29. The van der Waals surface area contributed by atoms with Crippen molar-refractivity contribution in [1.82, 2.24) is 4.90 Å². The number of benzene rings is 1. The minimum absolute atomic E-state index is 0.0794. The number of anilines is 1. The predicted molar refractivity (Wildman–Crippen MR) is 97.0 cm³/mol. The molecule has 0 spiro atoms. The van der Waals surface area contributed by atoms with E-state index in [1.165, 1.54) is 9.75 Å². The Balaban J connectivity index is 1.71. The number of hydrogen-bond donors (Lipinski definition) is 1. The van der Waals surface area contributed by atoms with E-state index >= 15 is 0 Å². The molecule has 1 saturated heterocycles. The van der Waals surface area contributed by atoms with Crippen molar-refractivity contribution in [3.63, 3.8) is 0 Å². The van der Waals surface area contributed by atoms with E-state index in [0.29, 0.717) is 6.04 Å². The summed E-state index contributed by atoms with van der Waals surface area (Å²) in [5, 5.41) is 3.06. The zero-order valence-corrected chi connectivity index (χ0v) is 14.8. The van der Waals surface area contributed by atoms with E-state index in [4.69, 9.17) is 0 Å². The monoisotopic (exact) mass is 328 g/mol. The van der Waals surface area contributed by atoms with Crippen LogP contribution in [0.2, 0.25) is 0 Å². The molecule has 2 aromatic rings.